The molecule has 0 bridgehead atoms. The molecule has 34 heavy (non-hydrogen) atoms. The van der Waals surface area contributed by atoms with Crippen molar-refractivity contribution in [2.24, 2.45) is 0 Å². The molecule has 0 spiro atoms. The molecule has 5 nitrogen and oxygen atoms in total. The summed E-state index contributed by atoms with van der Waals surface area (Å²) in [4.78, 5) is 6.45. The van der Waals surface area contributed by atoms with E-state index in [1.165, 1.54) is 25.1 Å². The van der Waals surface area contributed by atoms with Crippen LogP contribution < -0.4 is 5.32 Å². The first kappa shape index (κ1) is 24.9. The van der Waals surface area contributed by atoms with Crippen molar-refractivity contribution in [3.8, 4) is 0 Å². The molecule has 1 unspecified atom stereocenters. The second-order valence-corrected chi connectivity index (χ2v) is 11.6. The Hall–Kier alpha value is -2.20. The summed E-state index contributed by atoms with van der Waals surface area (Å²) < 4.78 is 66.6. The Morgan fingerprint density at radius 1 is 1.12 bits per heavy atom. The number of pyridine rings is 1. The summed E-state index contributed by atoms with van der Waals surface area (Å²) in [5.74, 6) is 0. The summed E-state index contributed by atoms with van der Waals surface area (Å²) in [6.45, 7) is 4.20. The number of hydrogen-bond donors (Lipinski definition) is 1. The average Bonchev–Trinajstić information content (AvgIpc) is 2.80. The number of benzene rings is 2. The van der Waals surface area contributed by atoms with Gasteiger partial charge < -0.3 is 5.32 Å². The highest BCUT2D eigenvalue weighted by Crippen LogP contribution is 2.38. The van der Waals surface area contributed by atoms with Crippen molar-refractivity contribution in [1.29, 1.82) is 0 Å². The van der Waals surface area contributed by atoms with Gasteiger partial charge in [-0.3, -0.25) is 9.88 Å². The Labute approximate surface area is 201 Å². The second-order valence-electron chi connectivity index (χ2n) is 8.39. The number of halogens is 4. The van der Waals surface area contributed by atoms with Crippen molar-refractivity contribution >= 4 is 32.3 Å². The van der Waals surface area contributed by atoms with Crippen LogP contribution in [0.3, 0.4) is 0 Å². The minimum atomic E-state index is -4.54. The van der Waals surface area contributed by atoms with E-state index in [2.05, 4.69) is 10.3 Å². The van der Waals surface area contributed by atoms with E-state index in [1.807, 2.05) is 4.90 Å². The number of aromatic nitrogens is 1. The van der Waals surface area contributed by atoms with Gasteiger partial charge in [0.15, 0.2) is 9.84 Å². The first-order valence-electron chi connectivity index (χ1n) is 10.9. The lowest BCUT2D eigenvalue weighted by Crippen LogP contribution is -2.43. The molecular formula is C24H25ClF3N3O2S. The predicted octanol–water partition coefficient (Wildman–Crippen LogP) is 4.61. The van der Waals surface area contributed by atoms with Crippen LogP contribution in [0.25, 0.3) is 10.9 Å². The van der Waals surface area contributed by atoms with Crippen LogP contribution in [0.5, 0.6) is 0 Å². The van der Waals surface area contributed by atoms with E-state index < -0.39 is 26.3 Å². The molecule has 3 aromatic rings. The summed E-state index contributed by atoms with van der Waals surface area (Å²) in [5, 5.41) is 3.61. The maximum atomic E-state index is 14.2. The molecule has 0 saturated carbocycles. The highest BCUT2D eigenvalue weighted by molar-refractivity contribution is 7.93. The van der Waals surface area contributed by atoms with Gasteiger partial charge in [0.25, 0.3) is 0 Å². The maximum Gasteiger partial charge on any atom is 0.416 e. The van der Waals surface area contributed by atoms with Crippen LogP contribution in [-0.2, 0) is 29.0 Å². The van der Waals surface area contributed by atoms with Gasteiger partial charge in [0.1, 0.15) is 4.71 Å². The van der Waals surface area contributed by atoms with Crippen molar-refractivity contribution in [2.75, 3.05) is 26.2 Å². The molecule has 2 aromatic carbocycles. The van der Waals surface area contributed by atoms with E-state index in [1.54, 1.807) is 30.5 Å². The van der Waals surface area contributed by atoms with Crippen LogP contribution in [0.2, 0.25) is 0 Å². The average molecular weight is 512 g/mol. The van der Waals surface area contributed by atoms with E-state index >= 15 is 0 Å². The fraction of sp³-hybridized carbons (Fsp3) is 0.375. The molecule has 4 rings (SSSR count). The Bertz CT molecular complexity index is 1290. The molecule has 1 aromatic heterocycles. The number of alkyl halides is 4. The molecule has 1 saturated heterocycles. The van der Waals surface area contributed by atoms with Crippen LogP contribution in [0.15, 0.2) is 53.6 Å². The number of rotatable bonds is 6. The number of nitrogens with one attached hydrogen (secondary N) is 1. The van der Waals surface area contributed by atoms with Crippen LogP contribution in [-0.4, -0.2) is 49.2 Å². The molecule has 0 radical (unpaired) electrons. The fourth-order valence-corrected chi connectivity index (χ4v) is 5.54. The Morgan fingerprint density at radius 2 is 1.85 bits per heavy atom. The largest absolute Gasteiger partial charge is 0.416 e. The monoisotopic (exact) mass is 511 g/mol. The maximum absolute atomic E-state index is 14.2. The van der Waals surface area contributed by atoms with Crippen LogP contribution in [0, 0.1) is 0 Å². The van der Waals surface area contributed by atoms with E-state index in [0.717, 1.165) is 0 Å². The van der Waals surface area contributed by atoms with Gasteiger partial charge in [-0.2, -0.15) is 13.2 Å². The summed E-state index contributed by atoms with van der Waals surface area (Å²) in [6, 6.07) is 10.6. The van der Waals surface area contributed by atoms with Crippen molar-refractivity contribution in [3.05, 3.63) is 70.9 Å². The molecule has 1 aliphatic heterocycles. The number of sulfone groups is 1. The van der Waals surface area contributed by atoms with Gasteiger partial charge in [0, 0.05) is 44.3 Å². The minimum absolute atomic E-state index is 0.0420. The smallest absolute Gasteiger partial charge is 0.314 e. The van der Waals surface area contributed by atoms with Gasteiger partial charge >= 0.3 is 6.18 Å². The van der Waals surface area contributed by atoms with Gasteiger partial charge in [-0.05, 0) is 54.3 Å². The molecule has 0 aliphatic carbocycles. The van der Waals surface area contributed by atoms with Crippen molar-refractivity contribution in [3.63, 3.8) is 0 Å². The van der Waals surface area contributed by atoms with Crippen molar-refractivity contribution in [1.82, 2.24) is 15.2 Å². The predicted molar refractivity (Wildman–Crippen MR) is 127 cm³/mol. The zero-order valence-corrected chi connectivity index (χ0v) is 20.1. The fourth-order valence-electron chi connectivity index (χ4n) is 4.28. The Balaban J connectivity index is 1.88. The Morgan fingerprint density at radius 3 is 2.53 bits per heavy atom. The number of hydrogen-bond acceptors (Lipinski definition) is 5. The van der Waals surface area contributed by atoms with Crippen LogP contribution in [0.4, 0.5) is 13.2 Å². The van der Waals surface area contributed by atoms with E-state index in [9.17, 15) is 21.6 Å². The molecule has 1 N–H and O–H groups in total. The highest BCUT2D eigenvalue weighted by atomic mass is 35.5. The Kier molecular flexibility index (Phi) is 7.19. The van der Waals surface area contributed by atoms with Gasteiger partial charge in [0.2, 0.25) is 0 Å². The quantitative estimate of drug-likeness (QED) is 0.490. The third kappa shape index (κ3) is 5.22. The molecule has 1 fully saturated rings. The van der Waals surface area contributed by atoms with Crippen LogP contribution in [0.1, 0.15) is 29.2 Å². The van der Waals surface area contributed by atoms with Crippen molar-refractivity contribution in [2.45, 2.75) is 35.7 Å². The first-order chi connectivity index (χ1) is 16.1. The van der Waals surface area contributed by atoms with Gasteiger partial charge in [-0.15, -0.1) is 11.6 Å². The third-order valence-corrected chi connectivity index (χ3v) is 8.52. The third-order valence-electron chi connectivity index (χ3n) is 6.05. The molecular weight excluding hydrogens is 487 g/mol. The van der Waals surface area contributed by atoms with Gasteiger partial charge in [-0.1, -0.05) is 18.2 Å². The van der Waals surface area contributed by atoms with E-state index in [4.69, 9.17) is 11.6 Å². The lowest BCUT2D eigenvalue weighted by molar-refractivity contribution is -0.138. The number of fused-ring (bicyclic) bond motifs is 1. The zero-order valence-electron chi connectivity index (χ0n) is 18.6. The molecule has 182 valence electrons. The zero-order chi connectivity index (χ0) is 24.5. The number of piperazine rings is 1. The summed E-state index contributed by atoms with van der Waals surface area (Å²) in [5.41, 5.74) is 1.02. The topological polar surface area (TPSA) is 62.3 Å². The highest BCUT2D eigenvalue weighted by Gasteiger charge is 2.36. The van der Waals surface area contributed by atoms with Gasteiger partial charge in [-0.25, -0.2) is 8.42 Å². The summed E-state index contributed by atoms with van der Waals surface area (Å²) >= 11 is 5.87. The molecule has 1 atom stereocenters. The normalized spacial score (nSPS) is 16.6. The molecule has 1 aliphatic rings. The summed E-state index contributed by atoms with van der Waals surface area (Å²) in [6.07, 6.45) is -2.87. The minimum Gasteiger partial charge on any atom is -0.314 e. The summed E-state index contributed by atoms with van der Waals surface area (Å²) in [7, 11) is -3.74. The van der Waals surface area contributed by atoms with E-state index in [-0.39, 0.29) is 23.4 Å². The second kappa shape index (κ2) is 9.81. The molecule has 2 heterocycles. The van der Waals surface area contributed by atoms with E-state index in [0.29, 0.717) is 48.2 Å². The lowest BCUT2D eigenvalue weighted by atomic mass is 9.91. The van der Waals surface area contributed by atoms with Crippen molar-refractivity contribution < 1.29 is 21.6 Å². The standard InChI is InChI=1S/C24H25ClF3N3O2S/c1-16(25)34(32,33)19-6-2-4-17(12-19)13-20-21(15-31-10-8-29-9-11-31)22(24(26,27)28)14-18-5-3-7-30-23(18)20/h2-7,12,14,16,29H,8-11,13,15H2,1H3. The lowest BCUT2D eigenvalue weighted by Gasteiger charge is -2.30. The first-order valence-corrected chi connectivity index (χ1v) is 12.9. The SMILES string of the molecule is CC(Cl)S(=O)(=O)c1cccc(Cc2c(CN3CCNCC3)c(C(F)(F)F)cc3cccnc23)c1. The number of nitrogens with zero attached hydrogens (tertiary/aromatic N) is 2. The van der Waals surface area contributed by atoms with Gasteiger partial charge in [0.05, 0.1) is 16.0 Å². The molecule has 0 amide bonds. The van der Waals surface area contributed by atoms with Crippen LogP contribution >= 0.6 is 11.6 Å². The molecule has 10 heteroatoms.